The van der Waals surface area contributed by atoms with E-state index in [4.69, 9.17) is 10.5 Å². The van der Waals surface area contributed by atoms with Gasteiger partial charge in [-0.1, -0.05) is 44.2 Å². The van der Waals surface area contributed by atoms with E-state index in [2.05, 4.69) is 9.97 Å². The van der Waals surface area contributed by atoms with E-state index >= 15 is 0 Å². The second-order valence-corrected chi connectivity index (χ2v) is 12.2. The molecule has 6 rings (SSSR count). The van der Waals surface area contributed by atoms with Crippen LogP contribution in [-0.4, -0.2) is 44.5 Å². The Bertz CT molecular complexity index is 1930. The molecule has 10 heteroatoms. The molecule has 2 aromatic heterocycles. The number of nitrogens with two attached hydrogens (primary N) is 1. The quantitative estimate of drug-likeness (QED) is 0.146. The van der Waals surface area contributed by atoms with Crippen LogP contribution in [0.1, 0.15) is 48.8 Å². The molecular formula is C36H36FN5O4. The summed E-state index contributed by atoms with van der Waals surface area (Å²) in [6.07, 6.45) is 2.01. The van der Waals surface area contributed by atoms with Crippen LogP contribution in [0.5, 0.6) is 5.75 Å². The number of hydrogen-bond acceptors (Lipinski definition) is 7. The fraction of sp³-hybridized carbons (Fsp3) is 0.278. The number of benzene rings is 3. The van der Waals surface area contributed by atoms with Gasteiger partial charge in [0, 0.05) is 41.2 Å². The molecule has 4 N–H and O–H groups in total. The predicted octanol–water partition coefficient (Wildman–Crippen LogP) is 5.51. The number of carbonyl (C=O) groups is 2. The van der Waals surface area contributed by atoms with Crippen molar-refractivity contribution in [1.29, 1.82) is 0 Å². The van der Waals surface area contributed by atoms with Crippen LogP contribution in [0.25, 0.3) is 21.8 Å². The number of fused-ring (bicyclic) bond motifs is 2. The number of pyridine rings is 2. The number of nitrogens with one attached hydrogen (secondary N) is 1. The lowest BCUT2D eigenvalue weighted by molar-refractivity contribution is -0.145. The zero-order valence-corrected chi connectivity index (χ0v) is 25.9. The Hall–Kier alpha value is -4.93. The van der Waals surface area contributed by atoms with Crippen LogP contribution in [0.15, 0.2) is 85.1 Å². The standard InChI is InChI=1S/C36H36FN5O4/c1-21(2)33(34(43)41-45)42-17-15-36(38,35(42)44)24-8-11-26(12-9-24)46-32(28-14-16-39-30-7-5-4-6-27(28)30)19-23-18-22(3)40-31-13-10-25(37)20-29(23)31/h4-14,16,18,20-21,32-33,45H,15,17,19,38H2,1-3H3,(H,41,43)/t32-,33?,36?/m1/s1. The normalized spacial score (nSPS) is 17.9. The Morgan fingerprint density at radius 3 is 2.57 bits per heavy atom. The van der Waals surface area contributed by atoms with Crippen molar-refractivity contribution in [2.24, 2.45) is 11.7 Å². The lowest BCUT2D eigenvalue weighted by Gasteiger charge is -2.31. The van der Waals surface area contributed by atoms with Crippen LogP contribution in [0.3, 0.4) is 0 Å². The van der Waals surface area contributed by atoms with Crippen molar-refractivity contribution in [3.05, 3.63) is 113 Å². The zero-order valence-electron chi connectivity index (χ0n) is 25.9. The molecule has 1 aliphatic heterocycles. The molecule has 5 aromatic rings. The fourth-order valence-electron chi connectivity index (χ4n) is 6.56. The zero-order chi connectivity index (χ0) is 32.6. The third-order valence-corrected chi connectivity index (χ3v) is 8.80. The number of hydrogen-bond donors (Lipinski definition) is 3. The van der Waals surface area contributed by atoms with E-state index in [-0.39, 0.29) is 24.2 Å². The van der Waals surface area contributed by atoms with Crippen molar-refractivity contribution in [1.82, 2.24) is 20.3 Å². The van der Waals surface area contributed by atoms with Gasteiger partial charge in [-0.2, -0.15) is 0 Å². The van der Waals surface area contributed by atoms with Gasteiger partial charge in [0.2, 0.25) is 5.91 Å². The van der Waals surface area contributed by atoms with Crippen molar-refractivity contribution in [3.8, 4) is 5.75 Å². The third kappa shape index (κ3) is 5.77. The summed E-state index contributed by atoms with van der Waals surface area (Å²) in [5.74, 6) is -1.04. The number of para-hydroxylation sites is 1. The van der Waals surface area contributed by atoms with Gasteiger partial charge in [-0.15, -0.1) is 0 Å². The van der Waals surface area contributed by atoms with E-state index < -0.39 is 23.6 Å². The van der Waals surface area contributed by atoms with Crippen LogP contribution < -0.4 is 16.0 Å². The number of aromatic nitrogens is 2. The summed E-state index contributed by atoms with van der Waals surface area (Å²) in [6.45, 7) is 5.81. The highest BCUT2D eigenvalue weighted by Gasteiger charge is 2.49. The van der Waals surface area contributed by atoms with Crippen LogP contribution >= 0.6 is 0 Å². The van der Waals surface area contributed by atoms with Gasteiger partial charge in [0.15, 0.2) is 0 Å². The molecule has 0 radical (unpaired) electrons. The maximum atomic E-state index is 14.4. The number of aryl methyl sites for hydroxylation is 1. The smallest absolute Gasteiger partial charge is 0.266 e. The summed E-state index contributed by atoms with van der Waals surface area (Å²) in [7, 11) is 0. The van der Waals surface area contributed by atoms with Gasteiger partial charge in [0.25, 0.3) is 5.91 Å². The summed E-state index contributed by atoms with van der Waals surface area (Å²) in [4.78, 5) is 36.5. The topological polar surface area (TPSA) is 131 Å². The largest absolute Gasteiger partial charge is 0.485 e. The highest BCUT2D eigenvalue weighted by atomic mass is 19.1. The molecule has 1 aliphatic rings. The Morgan fingerprint density at radius 2 is 1.83 bits per heavy atom. The minimum Gasteiger partial charge on any atom is -0.485 e. The Balaban J connectivity index is 1.34. The maximum absolute atomic E-state index is 14.4. The monoisotopic (exact) mass is 621 g/mol. The highest BCUT2D eigenvalue weighted by molar-refractivity contribution is 5.94. The molecule has 0 saturated carbocycles. The minimum absolute atomic E-state index is 0.228. The number of carbonyl (C=O) groups excluding carboxylic acids is 2. The molecule has 2 amide bonds. The first-order chi connectivity index (χ1) is 22.1. The van der Waals surface area contributed by atoms with Gasteiger partial charge in [-0.05, 0) is 78.9 Å². The molecule has 0 bridgehead atoms. The lowest BCUT2D eigenvalue weighted by Crippen LogP contribution is -2.53. The van der Waals surface area contributed by atoms with E-state index in [9.17, 15) is 19.2 Å². The molecule has 3 atom stereocenters. The molecule has 0 spiro atoms. The average molecular weight is 622 g/mol. The van der Waals surface area contributed by atoms with E-state index in [1.54, 1.807) is 42.0 Å². The van der Waals surface area contributed by atoms with Crippen molar-refractivity contribution in [2.75, 3.05) is 6.54 Å². The van der Waals surface area contributed by atoms with E-state index in [1.165, 1.54) is 17.0 Å². The van der Waals surface area contributed by atoms with Crippen LogP contribution in [0.2, 0.25) is 0 Å². The molecule has 1 saturated heterocycles. The minimum atomic E-state index is -1.33. The van der Waals surface area contributed by atoms with Crippen molar-refractivity contribution in [3.63, 3.8) is 0 Å². The summed E-state index contributed by atoms with van der Waals surface area (Å²) < 4.78 is 21.1. The SMILES string of the molecule is Cc1cc(C[C@@H](Oc2ccc(C3(N)CCN(C(C(=O)NO)C(C)C)C3=O)cc2)c2ccnc3ccccc23)c2cc(F)ccc2n1. The molecule has 236 valence electrons. The molecular weight excluding hydrogens is 585 g/mol. The number of ether oxygens (including phenoxy) is 1. The van der Waals surface area contributed by atoms with Crippen molar-refractivity contribution in [2.45, 2.75) is 51.3 Å². The van der Waals surface area contributed by atoms with Crippen LogP contribution in [0, 0.1) is 18.7 Å². The number of hydroxylamine groups is 1. The molecule has 2 unspecified atom stereocenters. The number of amides is 2. The van der Waals surface area contributed by atoms with Gasteiger partial charge >= 0.3 is 0 Å². The third-order valence-electron chi connectivity index (χ3n) is 8.80. The molecule has 3 heterocycles. The molecule has 1 fully saturated rings. The Labute approximate surface area is 266 Å². The molecule has 0 aliphatic carbocycles. The second-order valence-electron chi connectivity index (χ2n) is 12.2. The predicted molar refractivity (Wildman–Crippen MR) is 172 cm³/mol. The van der Waals surface area contributed by atoms with E-state index in [0.29, 0.717) is 29.7 Å². The first-order valence-electron chi connectivity index (χ1n) is 15.3. The van der Waals surface area contributed by atoms with Gasteiger partial charge < -0.3 is 15.4 Å². The van der Waals surface area contributed by atoms with Gasteiger partial charge in [-0.3, -0.25) is 24.8 Å². The number of rotatable bonds is 9. The van der Waals surface area contributed by atoms with Gasteiger partial charge in [0.05, 0.1) is 11.0 Å². The maximum Gasteiger partial charge on any atom is 0.266 e. The van der Waals surface area contributed by atoms with Gasteiger partial charge in [0.1, 0.15) is 29.3 Å². The van der Waals surface area contributed by atoms with Crippen molar-refractivity contribution >= 4 is 33.6 Å². The second kappa shape index (κ2) is 12.5. The summed E-state index contributed by atoms with van der Waals surface area (Å²) in [6, 6.07) is 22.6. The highest BCUT2D eigenvalue weighted by Crippen LogP contribution is 2.36. The van der Waals surface area contributed by atoms with Crippen LogP contribution in [0.4, 0.5) is 4.39 Å². The lowest BCUT2D eigenvalue weighted by atomic mass is 9.89. The Morgan fingerprint density at radius 1 is 1.07 bits per heavy atom. The van der Waals surface area contributed by atoms with Crippen molar-refractivity contribution < 1.29 is 23.9 Å². The number of halogens is 1. The summed E-state index contributed by atoms with van der Waals surface area (Å²) in [5, 5.41) is 10.9. The number of likely N-dealkylation sites (tertiary alicyclic amines) is 1. The summed E-state index contributed by atoms with van der Waals surface area (Å²) >= 11 is 0. The molecule has 9 nitrogen and oxygen atoms in total. The van der Waals surface area contributed by atoms with Gasteiger partial charge in [-0.25, -0.2) is 9.87 Å². The molecule has 3 aromatic carbocycles. The fourth-order valence-corrected chi connectivity index (χ4v) is 6.56. The molecule has 46 heavy (non-hydrogen) atoms. The van der Waals surface area contributed by atoms with E-state index in [0.717, 1.165) is 33.1 Å². The van der Waals surface area contributed by atoms with E-state index in [1.807, 2.05) is 57.2 Å². The average Bonchev–Trinajstić information content (AvgIpc) is 3.34. The van der Waals surface area contributed by atoms with Crippen LogP contribution in [-0.2, 0) is 21.5 Å². The number of nitrogens with zero attached hydrogens (tertiary/aromatic N) is 3. The first-order valence-corrected chi connectivity index (χ1v) is 15.3. The first kappa shape index (κ1) is 31.1. The summed E-state index contributed by atoms with van der Waals surface area (Å²) in [5.41, 5.74) is 11.8. The Kier molecular flexibility index (Phi) is 8.41.